The average Bonchev–Trinajstić information content (AvgIpc) is 3.12. The zero-order valence-corrected chi connectivity index (χ0v) is 15.7. The first-order valence-electron chi connectivity index (χ1n) is 8.48. The van der Waals surface area contributed by atoms with Gasteiger partial charge in [-0.05, 0) is 30.2 Å². The van der Waals surface area contributed by atoms with Crippen molar-refractivity contribution in [1.29, 1.82) is 0 Å². The highest BCUT2D eigenvalue weighted by Gasteiger charge is 2.15. The van der Waals surface area contributed by atoms with Crippen LogP contribution in [0.15, 0.2) is 69.9 Å². The van der Waals surface area contributed by atoms with E-state index < -0.39 is 5.97 Å². The number of carbonyl (C=O) groups is 1. The molecule has 0 aliphatic heterocycles. The number of aromatic carboxylic acids is 1. The number of hydrogen-bond donors (Lipinski definition) is 1. The molecule has 0 unspecified atom stereocenters. The Kier molecular flexibility index (Phi) is 4.58. The summed E-state index contributed by atoms with van der Waals surface area (Å²) < 4.78 is 1.27. The second-order valence-electron chi connectivity index (χ2n) is 6.14. The lowest BCUT2D eigenvalue weighted by molar-refractivity contribution is 0.0697. The maximum Gasteiger partial charge on any atom is 0.335 e. The third-order valence-electron chi connectivity index (χ3n) is 4.31. The lowest BCUT2D eigenvalue weighted by Crippen LogP contribution is -2.20. The van der Waals surface area contributed by atoms with Crippen LogP contribution in [0.4, 0.5) is 0 Å². The Morgan fingerprint density at radius 1 is 1.14 bits per heavy atom. The van der Waals surface area contributed by atoms with Gasteiger partial charge in [0.05, 0.1) is 17.2 Å². The molecule has 138 valence electrons. The van der Waals surface area contributed by atoms with Crippen LogP contribution in [0.2, 0.25) is 0 Å². The molecule has 2 heterocycles. The number of benzene rings is 2. The molecule has 0 bridgehead atoms. The Morgan fingerprint density at radius 2 is 1.86 bits per heavy atom. The third kappa shape index (κ3) is 3.23. The summed E-state index contributed by atoms with van der Waals surface area (Å²) >= 11 is 1.43. The number of aromatic nitrogens is 2. The normalized spacial score (nSPS) is 11.3. The fourth-order valence-electron chi connectivity index (χ4n) is 2.89. The molecule has 0 saturated carbocycles. The minimum atomic E-state index is -0.990. The largest absolute Gasteiger partial charge is 0.478 e. The number of thiophene rings is 1. The summed E-state index contributed by atoms with van der Waals surface area (Å²) in [7, 11) is 0. The van der Waals surface area contributed by atoms with Crippen molar-refractivity contribution in [1.82, 2.24) is 9.66 Å². The van der Waals surface area contributed by atoms with Crippen LogP contribution in [0.5, 0.6) is 0 Å². The van der Waals surface area contributed by atoms with Crippen LogP contribution < -0.4 is 5.56 Å². The van der Waals surface area contributed by atoms with Gasteiger partial charge in [0.15, 0.2) is 0 Å². The molecule has 1 N–H and O–H groups in total. The predicted molar refractivity (Wildman–Crippen MR) is 110 cm³/mol. The third-order valence-corrected chi connectivity index (χ3v) is 5.18. The second kappa shape index (κ2) is 7.21. The Bertz CT molecular complexity index is 1260. The van der Waals surface area contributed by atoms with Crippen molar-refractivity contribution in [2.24, 2.45) is 5.10 Å². The van der Waals surface area contributed by atoms with Gasteiger partial charge < -0.3 is 5.11 Å². The van der Waals surface area contributed by atoms with Crippen molar-refractivity contribution >= 4 is 33.7 Å². The number of rotatable bonds is 4. The number of carboxylic acid groups (broad SMARTS) is 1. The summed E-state index contributed by atoms with van der Waals surface area (Å²) in [5.74, 6) is -0.506. The van der Waals surface area contributed by atoms with Crippen molar-refractivity contribution in [3.05, 3.63) is 87.3 Å². The van der Waals surface area contributed by atoms with Crippen molar-refractivity contribution in [3.63, 3.8) is 0 Å². The number of hydrogen-bond acceptors (Lipinski definition) is 5. The lowest BCUT2D eigenvalue weighted by Gasteiger charge is -2.05. The van der Waals surface area contributed by atoms with Gasteiger partial charge in [0, 0.05) is 10.9 Å². The van der Waals surface area contributed by atoms with Gasteiger partial charge in [-0.1, -0.05) is 42.5 Å². The summed E-state index contributed by atoms with van der Waals surface area (Å²) in [6.07, 6.45) is 1.52. The fraction of sp³-hybridized carbons (Fsp3) is 0.0476. The van der Waals surface area contributed by atoms with Crippen LogP contribution in [-0.4, -0.2) is 27.0 Å². The SMILES string of the molecule is Cc1nc2scc(-c3ccccc3)c2c(=O)n1N=Cc1ccc(C(=O)O)cc1. The van der Waals surface area contributed by atoms with E-state index in [1.165, 1.54) is 34.4 Å². The lowest BCUT2D eigenvalue weighted by atomic mass is 10.1. The molecule has 28 heavy (non-hydrogen) atoms. The van der Waals surface area contributed by atoms with Gasteiger partial charge in [-0.15, -0.1) is 11.3 Å². The number of carboxylic acids is 1. The molecule has 4 rings (SSSR count). The zero-order valence-electron chi connectivity index (χ0n) is 14.9. The molecule has 4 aromatic rings. The molecule has 7 heteroatoms. The van der Waals surface area contributed by atoms with Crippen molar-refractivity contribution in [2.45, 2.75) is 6.92 Å². The van der Waals surface area contributed by atoms with Gasteiger partial charge in [0.25, 0.3) is 5.56 Å². The first-order valence-corrected chi connectivity index (χ1v) is 9.36. The Morgan fingerprint density at radius 3 is 2.54 bits per heavy atom. The quantitative estimate of drug-likeness (QED) is 0.535. The van der Waals surface area contributed by atoms with Crippen molar-refractivity contribution in [3.8, 4) is 11.1 Å². The second-order valence-corrected chi connectivity index (χ2v) is 7.00. The molecule has 0 radical (unpaired) electrons. The van der Waals surface area contributed by atoms with Crippen LogP contribution in [0, 0.1) is 6.92 Å². The van der Waals surface area contributed by atoms with Crippen LogP contribution in [0.25, 0.3) is 21.3 Å². The summed E-state index contributed by atoms with van der Waals surface area (Å²) in [4.78, 5) is 29.3. The van der Waals surface area contributed by atoms with Crippen LogP contribution in [0.3, 0.4) is 0 Å². The monoisotopic (exact) mass is 389 g/mol. The summed E-state index contributed by atoms with van der Waals surface area (Å²) in [6, 6.07) is 16.0. The van der Waals surface area contributed by atoms with E-state index in [0.29, 0.717) is 21.6 Å². The zero-order chi connectivity index (χ0) is 19.7. The van der Waals surface area contributed by atoms with Gasteiger partial charge in [0.1, 0.15) is 10.7 Å². The van der Waals surface area contributed by atoms with E-state index >= 15 is 0 Å². The Labute approximate surface area is 164 Å². The van der Waals surface area contributed by atoms with Crippen molar-refractivity contribution < 1.29 is 9.90 Å². The van der Waals surface area contributed by atoms with Gasteiger partial charge in [-0.2, -0.15) is 9.78 Å². The fourth-order valence-corrected chi connectivity index (χ4v) is 3.87. The molecule has 0 aliphatic rings. The molecule has 0 saturated heterocycles. The van der Waals surface area contributed by atoms with Crippen LogP contribution in [0.1, 0.15) is 21.7 Å². The van der Waals surface area contributed by atoms with E-state index in [1.807, 2.05) is 35.7 Å². The molecule has 2 aromatic heterocycles. The molecular weight excluding hydrogens is 374 g/mol. The topological polar surface area (TPSA) is 84.5 Å². The van der Waals surface area contributed by atoms with Gasteiger partial charge in [-0.25, -0.2) is 9.78 Å². The number of aryl methyl sites for hydroxylation is 1. The van der Waals surface area contributed by atoms with Crippen LogP contribution in [-0.2, 0) is 0 Å². The van der Waals surface area contributed by atoms with E-state index in [1.54, 1.807) is 19.1 Å². The highest BCUT2D eigenvalue weighted by atomic mass is 32.1. The van der Waals surface area contributed by atoms with E-state index in [9.17, 15) is 9.59 Å². The number of nitrogens with zero attached hydrogens (tertiary/aromatic N) is 3. The first kappa shape index (κ1) is 17.8. The molecule has 0 spiro atoms. The molecule has 0 aliphatic carbocycles. The summed E-state index contributed by atoms with van der Waals surface area (Å²) in [5.41, 5.74) is 2.44. The molecule has 0 fully saturated rings. The number of fused-ring (bicyclic) bond motifs is 1. The minimum absolute atomic E-state index is 0.194. The van der Waals surface area contributed by atoms with Crippen LogP contribution >= 0.6 is 11.3 Å². The van der Waals surface area contributed by atoms with Gasteiger partial charge in [-0.3, -0.25) is 4.79 Å². The van der Waals surface area contributed by atoms with E-state index in [4.69, 9.17) is 5.11 Å². The maximum absolute atomic E-state index is 13.1. The summed E-state index contributed by atoms with van der Waals surface area (Å²) in [5, 5.41) is 15.7. The highest BCUT2D eigenvalue weighted by molar-refractivity contribution is 7.17. The van der Waals surface area contributed by atoms with Crippen molar-refractivity contribution in [2.75, 3.05) is 0 Å². The van der Waals surface area contributed by atoms with E-state index in [2.05, 4.69) is 10.1 Å². The summed E-state index contributed by atoms with van der Waals surface area (Å²) in [6.45, 7) is 1.73. The maximum atomic E-state index is 13.1. The molecule has 2 aromatic carbocycles. The standard InChI is InChI=1S/C21H15N3O3S/c1-13-23-19-18(17(12-28-19)15-5-3-2-4-6-15)20(25)24(13)22-11-14-7-9-16(10-8-14)21(26)27/h2-12H,1H3,(H,26,27). The highest BCUT2D eigenvalue weighted by Crippen LogP contribution is 2.30. The van der Waals surface area contributed by atoms with E-state index in [-0.39, 0.29) is 11.1 Å². The van der Waals surface area contributed by atoms with Gasteiger partial charge in [0.2, 0.25) is 0 Å². The smallest absolute Gasteiger partial charge is 0.335 e. The average molecular weight is 389 g/mol. The van der Waals surface area contributed by atoms with E-state index in [0.717, 1.165) is 11.1 Å². The molecule has 0 amide bonds. The van der Waals surface area contributed by atoms with Gasteiger partial charge >= 0.3 is 5.97 Å². The molecule has 0 atom stereocenters. The Hall–Kier alpha value is -3.58. The first-order chi connectivity index (χ1) is 13.5. The predicted octanol–water partition coefficient (Wildman–Crippen LogP) is 4.01. The Balaban J connectivity index is 1.79. The molecular formula is C21H15N3O3S. The minimum Gasteiger partial charge on any atom is -0.478 e. The molecule has 6 nitrogen and oxygen atoms in total.